The minimum absolute atomic E-state index is 0.215. The number of hydrogen-bond donors (Lipinski definition) is 1. The zero-order chi connectivity index (χ0) is 18.2. The Morgan fingerprint density at radius 2 is 2.04 bits per heavy atom. The third-order valence-corrected chi connectivity index (χ3v) is 5.49. The van der Waals surface area contributed by atoms with Gasteiger partial charge in [0.15, 0.2) is 0 Å². The van der Waals surface area contributed by atoms with Crippen LogP contribution >= 0.6 is 0 Å². The van der Waals surface area contributed by atoms with Crippen LogP contribution in [0.3, 0.4) is 0 Å². The molecule has 2 heterocycles. The molecule has 0 unspecified atom stereocenters. The molecule has 0 saturated carbocycles. The van der Waals surface area contributed by atoms with E-state index in [2.05, 4.69) is 37.2 Å². The van der Waals surface area contributed by atoms with Gasteiger partial charge in [-0.25, -0.2) is 4.98 Å². The van der Waals surface area contributed by atoms with E-state index in [1.807, 2.05) is 19.4 Å². The molecule has 0 saturated heterocycles. The van der Waals surface area contributed by atoms with Crippen LogP contribution in [0, 0.1) is 6.92 Å². The fourth-order valence-electron chi connectivity index (χ4n) is 4.10. The lowest BCUT2D eigenvalue weighted by molar-refractivity contribution is 0.137. The topological polar surface area (TPSA) is 47.3 Å². The highest BCUT2D eigenvalue weighted by Crippen LogP contribution is 2.49. The van der Waals surface area contributed by atoms with E-state index in [-0.39, 0.29) is 5.60 Å². The molecule has 25 heavy (non-hydrogen) atoms. The summed E-state index contributed by atoms with van der Waals surface area (Å²) in [7, 11) is 0. The van der Waals surface area contributed by atoms with Gasteiger partial charge >= 0.3 is 0 Å². The van der Waals surface area contributed by atoms with E-state index in [1.165, 1.54) is 5.56 Å². The molecule has 0 bridgehead atoms. The maximum absolute atomic E-state index is 11.0. The lowest BCUT2D eigenvalue weighted by Crippen LogP contribution is -2.25. The standard InChI is InChI=1S/C21H30N2O2/c1-6-15(7-2)18-17-12-21(4,5)25-20(17)16(14(3)19(18)24)8-10-23-11-9-22-13-23/h9,11,13,15,24H,6-8,10,12H2,1-5H3. The molecule has 0 fully saturated rings. The van der Waals surface area contributed by atoms with Crippen LogP contribution in [0.2, 0.25) is 0 Å². The predicted molar refractivity (Wildman–Crippen MR) is 101 cm³/mol. The Labute approximate surface area is 150 Å². The first-order valence-corrected chi connectivity index (χ1v) is 9.39. The van der Waals surface area contributed by atoms with Gasteiger partial charge in [0.1, 0.15) is 17.1 Å². The number of ether oxygens (including phenoxy) is 1. The summed E-state index contributed by atoms with van der Waals surface area (Å²) in [6, 6.07) is 0. The van der Waals surface area contributed by atoms with Crippen LogP contribution in [0.5, 0.6) is 11.5 Å². The highest BCUT2D eigenvalue weighted by Gasteiger charge is 2.37. The molecule has 4 heteroatoms. The lowest BCUT2D eigenvalue weighted by atomic mass is 9.83. The Balaban J connectivity index is 2.08. The van der Waals surface area contributed by atoms with E-state index in [0.29, 0.717) is 11.7 Å². The fourth-order valence-corrected chi connectivity index (χ4v) is 4.10. The molecule has 136 valence electrons. The lowest BCUT2D eigenvalue weighted by Gasteiger charge is -2.23. The van der Waals surface area contributed by atoms with E-state index in [0.717, 1.165) is 54.7 Å². The van der Waals surface area contributed by atoms with Crippen molar-refractivity contribution in [3.05, 3.63) is 41.0 Å². The molecule has 0 aliphatic carbocycles. The quantitative estimate of drug-likeness (QED) is 0.823. The van der Waals surface area contributed by atoms with Crippen molar-refractivity contribution in [3.8, 4) is 11.5 Å². The molecular formula is C21H30N2O2. The number of benzene rings is 1. The van der Waals surface area contributed by atoms with E-state index >= 15 is 0 Å². The monoisotopic (exact) mass is 342 g/mol. The summed E-state index contributed by atoms with van der Waals surface area (Å²) in [4.78, 5) is 4.11. The first-order valence-electron chi connectivity index (χ1n) is 9.39. The Morgan fingerprint density at radius 3 is 2.64 bits per heavy atom. The average Bonchev–Trinajstić information content (AvgIpc) is 3.18. The molecule has 1 aromatic heterocycles. The Bertz CT molecular complexity index is 744. The number of aromatic hydroxyl groups is 1. The first kappa shape index (κ1) is 17.8. The number of rotatable bonds is 6. The minimum Gasteiger partial charge on any atom is -0.507 e. The van der Waals surface area contributed by atoms with Crippen LogP contribution in [0.4, 0.5) is 0 Å². The third-order valence-electron chi connectivity index (χ3n) is 5.49. The Kier molecular flexibility index (Phi) is 4.81. The smallest absolute Gasteiger partial charge is 0.127 e. The Hall–Kier alpha value is -1.97. The van der Waals surface area contributed by atoms with Gasteiger partial charge in [-0.2, -0.15) is 0 Å². The van der Waals surface area contributed by atoms with Gasteiger partial charge in [0.2, 0.25) is 0 Å². The summed E-state index contributed by atoms with van der Waals surface area (Å²) in [6.07, 6.45) is 9.36. The zero-order valence-corrected chi connectivity index (χ0v) is 16.1. The summed E-state index contributed by atoms with van der Waals surface area (Å²) in [5.74, 6) is 1.88. The summed E-state index contributed by atoms with van der Waals surface area (Å²) >= 11 is 0. The third kappa shape index (κ3) is 3.26. The number of phenolic OH excluding ortho intramolecular Hbond substituents is 1. The number of aryl methyl sites for hydroxylation is 1. The van der Waals surface area contributed by atoms with Crippen molar-refractivity contribution in [1.82, 2.24) is 9.55 Å². The van der Waals surface area contributed by atoms with E-state index < -0.39 is 0 Å². The number of aromatic nitrogens is 2. The summed E-state index contributed by atoms with van der Waals surface area (Å²) < 4.78 is 8.44. The molecule has 0 atom stereocenters. The van der Waals surface area contributed by atoms with Crippen LogP contribution in [0.15, 0.2) is 18.7 Å². The van der Waals surface area contributed by atoms with Crippen LogP contribution < -0.4 is 4.74 Å². The highest BCUT2D eigenvalue weighted by atomic mass is 16.5. The minimum atomic E-state index is -0.215. The van der Waals surface area contributed by atoms with Gasteiger partial charge in [0.25, 0.3) is 0 Å². The summed E-state index contributed by atoms with van der Waals surface area (Å²) in [5.41, 5.74) is 4.24. The zero-order valence-electron chi connectivity index (χ0n) is 16.1. The second kappa shape index (κ2) is 6.74. The number of fused-ring (bicyclic) bond motifs is 1. The van der Waals surface area contributed by atoms with E-state index in [4.69, 9.17) is 4.74 Å². The number of phenols is 1. The maximum Gasteiger partial charge on any atom is 0.127 e. The predicted octanol–water partition coefficient (Wildman–Crippen LogP) is 4.76. The molecule has 3 rings (SSSR count). The average molecular weight is 342 g/mol. The maximum atomic E-state index is 11.0. The van der Waals surface area contributed by atoms with Crippen LogP contribution in [0.25, 0.3) is 0 Å². The summed E-state index contributed by atoms with van der Waals surface area (Å²) in [5, 5.41) is 11.0. The van der Waals surface area contributed by atoms with E-state index in [1.54, 1.807) is 6.20 Å². The highest BCUT2D eigenvalue weighted by molar-refractivity contribution is 5.61. The van der Waals surface area contributed by atoms with Gasteiger partial charge in [-0.3, -0.25) is 0 Å². The van der Waals surface area contributed by atoms with Crippen molar-refractivity contribution in [2.24, 2.45) is 0 Å². The second-order valence-corrected chi connectivity index (χ2v) is 7.78. The van der Waals surface area contributed by atoms with Crippen molar-refractivity contribution < 1.29 is 9.84 Å². The molecule has 4 nitrogen and oxygen atoms in total. The second-order valence-electron chi connectivity index (χ2n) is 7.78. The number of imidazole rings is 1. The molecule has 0 spiro atoms. The van der Waals surface area contributed by atoms with Gasteiger partial charge in [0.05, 0.1) is 6.33 Å². The molecule has 2 aromatic rings. The SMILES string of the molecule is CCC(CC)c1c(O)c(C)c(CCn2ccnc2)c2c1CC(C)(C)O2. The first-order chi connectivity index (χ1) is 11.9. The van der Waals surface area contributed by atoms with Crippen LogP contribution in [0.1, 0.15) is 68.7 Å². The Morgan fingerprint density at radius 1 is 1.32 bits per heavy atom. The molecule has 1 aliphatic heterocycles. The van der Waals surface area contributed by atoms with Crippen molar-refractivity contribution in [3.63, 3.8) is 0 Å². The summed E-state index contributed by atoms with van der Waals surface area (Å²) in [6.45, 7) is 11.5. The van der Waals surface area contributed by atoms with Gasteiger partial charge in [-0.15, -0.1) is 0 Å². The van der Waals surface area contributed by atoms with Crippen LogP contribution in [-0.4, -0.2) is 20.3 Å². The molecule has 1 N–H and O–H groups in total. The van der Waals surface area contributed by atoms with Crippen molar-refractivity contribution in [1.29, 1.82) is 0 Å². The van der Waals surface area contributed by atoms with Gasteiger partial charge < -0.3 is 14.4 Å². The number of hydrogen-bond acceptors (Lipinski definition) is 3. The van der Waals surface area contributed by atoms with Crippen LogP contribution in [-0.2, 0) is 19.4 Å². The number of nitrogens with zero attached hydrogens (tertiary/aromatic N) is 2. The molecule has 1 aromatic carbocycles. The van der Waals surface area contributed by atoms with Crippen molar-refractivity contribution in [2.45, 2.75) is 78.4 Å². The largest absolute Gasteiger partial charge is 0.507 e. The van der Waals surface area contributed by atoms with Crippen molar-refractivity contribution in [2.75, 3.05) is 0 Å². The molecular weight excluding hydrogens is 312 g/mol. The molecule has 1 aliphatic rings. The van der Waals surface area contributed by atoms with Gasteiger partial charge in [-0.05, 0) is 51.5 Å². The van der Waals surface area contributed by atoms with Crippen molar-refractivity contribution >= 4 is 0 Å². The normalized spacial score (nSPS) is 15.4. The fraction of sp³-hybridized carbons (Fsp3) is 0.571. The molecule has 0 amide bonds. The van der Waals surface area contributed by atoms with Gasteiger partial charge in [0, 0.05) is 42.0 Å². The van der Waals surface area contributed by atoms with E-state index in [9.17, 15) is 5.11 Å². The molecule has 0 radical (unpaired) electrons. The van der Waals surface area contributed by atoms with Gasteiger partial charge in [-0.1, -0.05) is 13.8 Å².